The molecular weight excluding hydrogens is 344 g/mol. The number of hydrogen-bond donors (Lipinski definition) is 1. The lowest BCUT2D eigenvalue weighted by Crippen LogP contribution is -2.25. The first kappa shape index (κ1) is 18.5. The van der Waals surface area contributed by atoms with E-state index in [-0.39, 0.29) is 0 Å². The largest absolute Gasteiger partial charge is 0.310 e. The fraction of sp³-hybridized carbons (Fsp3) is 0.714. The fourth-order valence-corrected chi connectivity index (χ4v) is 6.13. The van der Waals surface area contributed by atoms with Gasteiger partial charge in [0, 0.05) is 25.7 Å². The van der Waals surface area contributed by atoms with Crippen molar-refractivity contribution >= 4 is 9.84 Å². The summed E-state index contributed by atoms with van der Waals surface area (Å²) < 4.78 is 25.5. The van der Waals surface area contributed by atoms with Crippen molar-refractivity contribution in [3.63, 3.8) is 0 Å². The Morgan fingerprint density at radius 1 is 0.962 bits per heavy atom. The van der Waals surface area contributed by atoms with Gasteiger partial charge in [-0.25, -0.2) is 8.42 Å². The Balaban J connectivity index is 1.29. The number of likely N-dealkylation sites (tertiary alicyclic amines) is 1. The minimum absolute atomic E-state index is 0.294. The first-order valence-corrected chi connectivity index (χ1v) is 12.0. The molecule has 2 saturated carbocycles. The van der Waals surface area contributed by atoms with Crippen LogP contribution in [0.5, 0.6) is 0 Å². The third kappa shape index (κ3) is 4.87. The Bertz CT molecular complexity index is 691. The zero-order valence-corrected chi connectivity index (χ0v) is 16.5. The van der Waals surface area contributed by atoms with E-state index in [1.165, 1.54) is 50.6 Å². The summed E-state index contributed by atoms with van der Waals surface area (Å²) in [5.41, 5.74) is 1.17. The van der Waals surface area contributed by atoms with Crippen LogP contribution in [0.4, 0.5) is 0 Å². The van der Waals surface area contributed by atoms with Crippen LogP contribution >= 0.6 is 0 Å². The van der Waals surface area contributed by atoms with E-state index in [0.29, 0.717) is 22.6 Å². The van der Waals surface area contributed by atoms with Crippen molar-refractivity contribution in [3.8, 4) is 0 Å². The summed E-state index contributed by atoms with van der Waals surface area (Å²) in [6, 6.07) is 8.20. The molecule has 0 aromatic heterocycles. The molecule has 0 spiro atoms. The first-order valence-electron chi connectivity index (χ1n) is 10.4. The molecule has 0 bridgehead atoms. The smallest absolute Gasteiger partial charge is 0.178 e. The molecule has 26 heavy (non-hydrogen) atoms. The molecule has 0 amide bonds. The molecule has 1 heterocycles. The van der Waals surface area contributed by atoms with Crippen molar-refractivity contribution in [2.45, 2.75) is 62.4 Å². The van der Waals surface area contributed by atoms with Crippen LogP contribution in [-0.2, 0) is 16.4 Å². The molecule has 3 fully saturated rings. The van der Waals surface area contributed by atoms with Gasteiger partial charge in [0.1, 0.15) is 0 Å². The summed E-state index contributed by atoms with van der Waals surface area (Å²) in [5, 5.41) is 3.59. The van der Waals surface area contributed by atoms with Gasteiger partial charge < -0.3 is 10.2 Å². The van der Waals surface area contributed by atoms with Crippen molar-refractivity contribution < 1.29 is 8.42 Å². The third-order valence-corrected chi connectivity index (χ3v) is 8.17. The Hall–Kier alpha value is -0.910. The quantitative estimate of drug-likeness (QED) is 0.757. The lowest BCUT2D eigenvalue weighted by molar-refractivity contribution is 0.314. The summed E-state index contributed by atoms with van der Waals surface area (Å²) in [5.74, 6) is 1.48. The summed E-state index contributed by atoms with van der Waals surface area (Å²) in [7, 11) is -3.17. The van der Waals surface area contributed by atoms with Gasteiger partial charge in [-0.15, -0.1) is 0 Å². The van der Waals surface area contributed by atoms with Gasteiger partial charge in [0.25, 0.3) is 0 Å². The molecule has 1 saturated heterocycles. The zero-order valence-electron chi connectivity index (χ0n) is 15.7. The van der Waals surface area contributed by atoms with Crippen LogP contribution in [0.2, 0.25) is 0 Å². The van der Waals surface area contributed by atoms with Crippen LogP contribution < -0.4 is 5.32 Å². The van der Waals surface area contributed by atoms with E-state index in [1.54, 1.807) is 12.1 Å². The van der Waals surface area contributed by atoms with Gasteiger partial charge in [0.15, 0.2) is 9.84 Å². The number of sulfone groups is 1. The first-order chi connectivity index (χ1) is 12.6. The number of hydrogen-bond acceptors (Lipinski definition) is 4. The van der Waals surface area contributed by atoms with Gasteiger partial charge in [-0.3, -0.25) is 0 Å². The van der Waals surface area contributed by atoms with Gasteiger partial charge in [0.05, 0.1) is 10.6 Å². The normalized spacial score (nSPS) is 25.2. The number of rotatable bonds is 8. The van der Waals surface area contributed by atoms with Gasteiger partial charge >= 0.3 is 0 Å². The fourth-order valence-electron chi connectivity index (χ4n) is 4.49. The molecule has 5 heteroatoms. The molecule has 1 aromatic carbocycles. The van der Waals surface area contributed by atoms with Crippen LogP contribution in [0, 0.1) is 11.8 Å². The van der Waals surface area contributed by atoms with Crippen LogP contribution in [0.25, 0.3) is 0 Å². The Morgan fingerprint density at radius 2 is 1.69 bits per heavy atom. The molecule has 144 valence electrons. The number of nitrogens with one attached hydrogen (secondary N) is 1. The molecule has 2 aliphatic carbocycles. The summed E-state index contributed by atoms with van der Waals surface area (Å²) in [6.07, 6.45) is 8.94. The average Bonchev–Trinajstić information content (AvgIpc) is 3.09. The summed E-state index contributed by atoms with van der Waals surface area (Å²) in [6.45, 7) is 4.05. The van der Waals surface area contributed by atoms with Crippen molar-refractivity contribution in [1.82, 2.24) is 10.2 Å². The second-order valence-corrected chi connectivity index (χ2v) is 10.7. The molecule has 0 radical (unpaired) electrons. The SMILES string of the molecule is O=S(=O)(CC1CCN(CC2CC2)C1)c1ccc(CNC2CCCC2)cc1. The Labute approximate surface area is 158 Å². The van der Waals surface area contributed by atoms with Crippen molar-refractivity contribution in [2.24, 2.45) is 11.8 Å². The van der Waals surface area contributed by atoms with Crippen molar-refractivity contribution in [3.05, 3.63) is 29.8 Å². The highest BCUT2D eigenvalue weighted by atomic mass is 32.2. The molecule has 1 aliphatic heterocycles. The Morgan fingerprint density at radius 3 is 2.38 bits per heavy atom. The van der Waals surface area contributed by atoms with Gasteiger partial charge in [0.2, 0.25) is 0 Å². The predicted octanol–water partition coefficient (Wildman–Crippen LogP) is 3.22. The van der Waals surface area contributed by atoms with Crippen LogP contribution in [0.1, 0.15) is 50.5 Å². The van der Waals surface area contributed by atoms with E-state index >= 15 is 0 Å². The maximum absolute atomic E-state index is 12.8. The van der Waals surface area contributed by atoms with Crippen LogP contribution in [-0.4, -0.2) is 44.7 Å². The molecule has 1 atom stereocenters. The monoisotopic (exact) mass is 376 g/mol. The zero-order chi connectivity index (χ0) is 18.0. The lowest BCUT2D eigenvalue weighted by Gasteiger charge is -2.15. The van der Waals surface area contributed by atoms with Crippen LogP contribution in [0.15, 0.2) is 29.2 Å². The molecule has 3 aliphatic rings. The van der Waals surface area contributed by atoms with E-state index in [0.717, 1.165) is 32.0 Å². The van der Waals surface area contributed by atoms with Crippen molar-refractivity contribution in [1.29, 1.82) is 0 Å². The summed E-state index contributed by atoms with van der Waals surface area (Å²) >= 11 is 0. The number of nitrogens with zero attached hydrogens (tertiary/aromatic N) is 1. The van der Waals surface area contributed by atoms with Crippen molar-refractivity contribution in [2.75, 3.05) is 25.4 Å². The minimum atomic E-state index is -3.17. The maximum atomic E-state index is 12.8. The van der Waals surface area contributed by atoms with E-state index < -0.39 is 9.84 Å². The van der Waals surface area contributed by atoms with E-state index in [4.69, 9.17) is 0 Å². The standard InChI is InChI=1S/C21H32N2O2S/c24-26(25,16-19-11-12-23(15-19)14-18-5-6-18)21-9-7-17(8-10-21)13-22-20-3-1-2-4-20/h7-10,18-20,22H,1-6,11-16H2. The highest BCUT2D eigenvalue weighted by molar-refractivity contribution is 7.91. The lowest BCUT2D eigenvalue weighted by atomic mass is 10.2. The van der Waals surface area contributed by atoms with E-state index in [9.17, 15) is 8.42 Å². The topological polar surface area (TPSA) is 49.4 Å². The third-order valence-electron chi connectivity index (χ3n) is 6.27. The molecular formula is C21H32N2O2S. The van der Waals surface area contributed by atoms with E-state index in [1.807, 2.05) is 12.1 Å². The van der Waals surface area contributed by atoms with E-state index in [2.05, 4.69) is 10.2 Å². The van der Waals surface area contributed by atoms with Gasteiger partial charge in [-0.2, -0.15) is 0 Å². The summed E-state index contributed by atoms with van der Waals surface area (Å²) in [4.78, 5) is 2.96. The molecule has 4 rings (SSSR count). The Kier molecular flexibility index (Phi) is 5.67. The highest BCUT2D eigenvalue weighted by Gasteiger charge is 2.31. The van der Waals surface area contributed by atoms with Crippen LogP contribution in [0.3, 0.4) is 0 Å². The van der Waals surface area contributed by atoms with Gasteiger partial charge in [-0.1, -0.05) is 25.0 Å². The molecule has 1 unspecified atom stereocenters. The average molecular weight is 377 g/mol. The second-order valence-electron chi connectivity index (χ2n) is 8.65. The molecule has 1 N–H and O–H groups in total. The van der Waals surface area contributed by atoms with Gasteiger partial charge in [-0.05, 0) is 68.2 Å². The predicted molar refractivity (Wildman–Crippen MR) is 105 cm³/mol. The highest BCUT2D eigenvalue weighted by Crippen LogP contribution is 2.32. The second kappa shape index (κ2) is 7.99. The molecule has 1 aromatic rings. The minimum Gasteiger partial charge on any atom is -0.310 e. The number of benzene rings is 1. The molecule has 4 nitrogen and oxygen atoms in total. The maximum Gasteiger partial charge on any atom is 0.178 e.